The molecule has 0 radical (unpaired) electrons. The number of rotatable bonds is 4. The maximum Gasteiger partial charge on any atom is 0.266 e. The predicted octanol–water partition coefficient (Wildman–Crippen LogP) is 4.40. The SMILES string of the molecule is Cc1ccc(C)c(-n2c(S[C@H](C)C(=O)NC(C)(C)C)nc3ccccc3c2=O)c1. The van der Waals surface area contributed by atoms with Crippen molar-refractivity contribution in [3.8, 4) is 5.69 Å². The molecule has 0 aliphatic heterocycles. The first-order valence-electron chi connectivity index (χ1n) is 9.65. The summed E-state index contributed by atoms with van der Waals surface area (Å²) in [6.07, 6.45) is 0. The number of nitrogens with one attached hydrogen (secondary N) is 1. The number of amides is 1. The number of carbonyl (C=O) groups excluding carboxylic acids is 1. The number of aromatic nitrogens is 2. The molecule has 152 valence electrons. The third-order valence-corrected chi connectivity index (χ3v) is 5.55. The maximum atomic E-state index is 13.4. The van der Waals surface area contributed by atoms with Crippen molar-refractivity contribution in [1.29, 1.82) is 0 Å². The topological polar surface area (TPSA) is 64.0 Å². The number of para-hydroxylation sites is 1. The van der Waals surface area contributed by atoms with Gasteiger partial charge in [0.25, 0.3) is 5.56 Å². The van der Waals surface area contributed by atoms with Crippen LogP contribution in [0.4, 0.5) is 0 Å². The molecule has 0 aliphatic rings. The van der Waals surface area contributed by atoms with Gasteiger partial charge in [0.05, 0.1) is 21.8 Å². The lowest BCUT2D eigenvalue weighted by molar-refractivity contribution is -0.121. The minimum absolute atomic E-state index is 0.0857. The van der Waals surface area contributed by atoms with Crippen molar-refractivity contribution in [2.45, 2.75) is 57.5 Å². The number of nitrogens with zero attached hydrogens (tertiary/aromatic N) is 2. The van der Waals surface area contributed by atoms with Crippen LogP contribution in [-0.2, 0) is 4.79 Å². The van der Waals surface area contributed by atoms with Crippen molar-refractivity contribution in [3.63, 3.8) is 0 Å². The number of benzene rings is 2. The molecular formula is C23H27N3O2S. The first-order chi connectivity index (χ1) is 13.6. The van der Waals surface area contributed by atoms with Gasteiger partial charge in [0.2, 0.25) is 5.91 Å². The highest BCUT2D eigenvalue weighted by molar-refractivity contribution is 8.00. The van der Waals surface area contributed by atoms with Crippen molar-refractivity contribution < 1.29 is 4.79 Å². The fourth-order valence-electron chi connectivity index (χ4n) is 3.05. The van der Waals surface area contributed by atoms with Crippen molar-refractivity contribution in [2.24, 2.45) is 0 Å². The molecular weight excluding hydrogens is 382 g/mol. The normalized spacial score (nSPS) is 12.8. The summed E-state index contributed by atoms with van der Waals surface area (Å²) >= 11 is 1.30. The van der Waals surface area contributed by atoms with Gasteiger partial charge >= 0.3 is 0 Å². The van der Waals surface area contributed by atoms with Crippen LogP contribution < -0.4 is 10.9 Å². The van der Waals surface area contributed by atoms with Gasteiger partial charge in [-0.2, -0.15) is 0 Å². The second kappa shape index (κ2) is 8.03. The first-order valence-corrected chi connectivity index (χ1v) is 10.5. The monoisotopic (exact) mass is 409 g/mol. The second-order valence-electron chi connectivity index (χ2n) is 8.34. The average Bonchev–Trinajstić information content (AvgIpc) is 2.63. The summed E-state index contributed by atoms with van der Waals surface area (Å²) in [5.41, 5.74) is 3.00. The van der Waals surface area contributed by atoms with E-state index < -0.39 is 5.25 Å². The van der Waals surface area contributed by atoms with E-state index >= 15 is 0 Å². The van der Waals surface area contributed by atoms with Crippen LogP contribution in [-0.4, -0.2) is 26.2 Å². The number of carbonyl (C=O) groups is 1. The summed E-state index contributed by atoms with van der Waals surface area (Å²) in [7, 11) is 0. The van der Waals surface area contributed by atoms with Crippen LogP contribution in [0.5, 0.6) is 0 Å². The van der Waals surface area contributed by atoms with Gasteiger partial charge in [0.15, 0.2) is 5.16 Å². The van der Waals surface area contributed by atoms with Gasteiger partial charge in [-0.3, -0.25) is 14.2 Å². The van der Waals surface area contributed by atoms with Crippen LogP contribution in [0.1, 0.15) is 38.8 Å². The molecule has 0 bridgehead atoms. The van der Waals surface area contributed by atoms with E-state index in [9.17, 15) is 9.59 Å². The van der Waals surface area contributed by atoms with Gasteiger partial charge in [-0.25, -0.2) is 4.98 Å². The molecule has 3 rings (SSSR count). The Morgan fingerprint density at radius 3 is 2.52 bits per heavy atom. The van der Waals surface area contributed by atoms with Gasteiger partial charge < -0.3 is 5.32 Å². The Hall–Kier alpha value is -2.60. The summed E-state index contributed by atoms with van der Waals surface area (Å²) in [5.74, 6) is -0.0857. The Morgan fingerprint density at radius 1 is 1.14 bits per heavy atom. The molecule has 0 spiro atoms. The summed E-state index contributed by atoms with van der Waals surface area (Å²) < 4.78 is 1.64. The molecule has 1 atom stereocenters. The highest BCUT2D eigenvalue weighted by Gasteiger charge is 2.23. The van der Waals surface area contributed by atoms with Crippen LogP contribution >= 0.6 is 11.8 Å². The lowest BCUT2D eigenvalue weighted by Gasteiger charge is -2.23. The first kappa shape index (κ1) is 21.1. The Morgan fingerprint density at radius 2 is 1.83 bits per heavy atom. The van der Waals surface area contributed by atoms with E-state index in [4.69, 9.17) is 4.98 Å². The second-order valence-corrected chi connectivity index (χ2v) is 9.65. The fourth-order valence-corrected chi connectivity index (χ4v) is 3.97. The fraction of sp³-hybridized carbons (Fsp3) is 0.348. The zero-order valence-electron chi connectivity index (χ0n) is 17.7. The Balaban J connectivity index is 2.16. The summed E-state index contributed by atoms with van der Waals surface area (Å²) in [6.45, 7) is 11.6. The predicted molar refractivity (Wildman–Crippen MR) is 120 cm³/mol. The van der Waals surface area contributed by atoms with Crippen molar-refractivity contribution in [1.82, 2.24) is 14.9 Å². The lowest BCUT2D eigenvalue weighted by atomic mass is 10.1. The molecule has 2 aromatic carbocycles. The van der Waals surface area contributed by atoms with Gasteiger partial charge in [-0.1, -0.05) is 36.0 Å². The van der Waals surface area contributed by atoms with E-state index in [-0.39, 0.29) is 17.0 Å². The molecule has 0 unspecified atom stereocenters. The zero-order valence-corrected chi connectivity index (χ0v) is 18.6. The molecule has 0 saturated carbocycles. The third kappa shape index (κ3) is 4.70. The molecule has 1 heterocycles. The number of aryl methyl sites for hydroxylation is 2. The van der Waals surface area contributed by atoms with E-state index in [1.807, 2.05) is 77.9 Å². The minimum atomic E-state index is -0.404. The molecule has 29 heavy (non-hydrogen) atoms. The zero-order chi connectivity index (χ0) is 21.3. The number of fused-ring (bicyclic) bond motifs is 1. The van der Waals surface area contributed by atoms with Crippen LogP contribution in [0.15, 0.2) is 52.4 Å². The highest BCUT2D eigenvalue weighted by Crippen LogP contribution is 2.27. The van der Waals surface area contributed by atoms with Gasteiger partial charge in [-0.05, 0) is 70.9 Å². The Labute approximate surface area is 175 Å². The number of hydrogen-bond donors (Lipinski definition) is 1. The van der Waals surface area contributed by atoms with Crippen LogP contribution in [0.3, 0.4) is 0 Å². The number of hydrogen-bond acceptors (Lipinski definition) is 4. The molecule has 6 heteroatoms. The van der Waals surface area contributed by atoms with E-state index in [0.717, 1.165) is 16.8 Å². The molecule has 0 fully saturated rings. The van der Waals surface area contributed by atoms with Gasteiger partial charge in [0.1, 0.15) is 0 Å². The van der Waals surface area contributed by atoms with E-state index in [2.05, 4.69) is 5.32 Å². The Kier molecular flexibility index (Phi) is 5.85. The van der Waals surface area contributed by atoms with Crippen LogP contribution in [0.2, 0.25) is 0 Å². The minimum Gasteiger partial charge on any atom is -0.351 e. The van der Waals surface area contributed by atoms with E-state index in [1.54, 1.807) is 10.6 Å². The molecule has 0 aliphatic carbocycles. The van der Waals surface area contributed by atoms with Crippen molar-refractivity contribution in [2.75, 3.05) is 0 Å². The smallest absolute Gasteiger partial charge is 0.266 e. The standard InChI is InChI=1S/C23H27N3O2S/c1-14-11-12-15(2)19(13-14)26-21(28)17-9-7-8-10-18(17)24-22(26)29-16(3)20(27)25-23(4,5)6/h7-13,16H,1-6H3,(H,25,27)/t16-/m1/s1. The quantitative estimate of drug-likeness (QED) is 0.512. The third-order valence-electron chi connectivity index (χ3n) is 4.50. The maximum absolute atomic E-state index is 13.4. The van der Waals surface area contributed by atoms with Crippen molar-refractivity contribution in [3.05, 3.63) is 63.9 Å². The number of thioether (sulfide) groups is 1. The van der Waals surface area contributed by atoms with Crippen molar-refractivity contribution >= 4 is 28.6 Å². The van der Waals surface area contributed by atoms with Gasteiger partial charge in [-0.15, -0.1) is 0 Å². The summed E-state index contributed by atoms with van der Waals surface area (Å²) in [5, 5.41) is 3.66. The molecule has 1 N–H and O–H groups in total. The summed E-state index contributed by atoms with van der Waals surface area (Å²) in [6, 6.07) is 13.3. The largest absolute Gasteiger partial charge is 0.351 e. The van der Waals surface area contributed by atoms with Crippen LogP contribution in [0.25, 0.3) is 16.6 Å². The molecule has 0 saturated heterocycles. The van der Waals surface area contributed by atoms with E-state index in [0.29, 0.717) is 16.1 Å². The molecule has 5 nitrogen and oxygen atoms in total. The lowest BCUT2D eigenvalue weighted by Crippen LogP contribution is -2.44. The highest BCUT2D eigenvalue weighted by atomic mass is 32.2. The molecule has 1 amide bonds. The van der Waals surface area contributed by atoms with E-state index in [1.165, 1.54) is 11.8 Å². The Bertz CT molecular complexity index is 1130. The molecule has 1 aromatic heterocycles. The average molecular weight is 410 g/mol. The van der Waals surface area contributed by atoms with Gasteiger partial charge in [0, 0.05) is 5.54 Å². The van der Waals surface area contributed by atoms with Crippen LogP contribution in [0, 0.1) is 13.8 Å². The molecule has 3 aromatic rings. The summed E-state index contributed by atoms with van der Waals surface area (Å²) in [4.78, 5) is 30.8.